The number of carbonyl (C=O) groups excluding carboxylic acids is 2. The second-order valence-corrected chi connectivity index (χ2v) is 6.81. The lowest BCUT2D eigenvalue weighted by Crippen LogP contribution is -2.35. The van der Waals surface area contributed by atoms with E-state index in [1.54, 1.807) is 43.6 Å². The number of nitrogens with one attached hydrogen (secondary N) is 2. The van der Waals surface area contributed by atoms with E-state index in [-0.39, 0.29) is 30.3 Å². The van der Waals surface area contributed by atoms with E-state index in [9.17, 15) is 9.59 Å². The number of fused-ring (bicyclic) bond motifs is 1. The van der Waals surface area contributed by atoms with Gasteiger partial charge in [0.25, 0.3) is 5.91 Å². The van der Waals surface area contributed by atoms with E-state index in [4.69, 9.17) is 0 Å². The summed E-state index contributed by atoms with van der Waals surface area (Å²) in [5.41, 5.74) is 1.96. The number of hydrogen-bond donors (Lipinski definition) is 2. The van der Waals surface area contributed by atoms with Crippen molar-refractivity contribution in [1.82, 2.24) is 20.1 Å². The minimum absolute atomic E-state index is 0.169. The number of benzene rings is 1. The quantitative estimate of drug-likeness (QED) is 0.702. The third-order valence-corrected chi connectivity index (χ3v) is 4.11. The summed E-state index contributed by atoms with van der Waals surface area (Å²) in [6, 6.07) is 10.7. The first-order valence-electron chi connectivity index (χ1n) is 8.93. The van der Waals surface area contributed by atoms with Crippen molar-refractivity contribution in [3.05, 3.63) is 54.4 Å². The van der Waals surface area contributed by atoms with E-state index in [2.05, 4.69) is 20.7 Å². The highest BCUT2D eigenvalue weighted by atomic mass is 16.2. The molecule has 0 unspecified atom stereocenters. The first-order valence-corrected chi connectivity index (χ1v) is 8.93. The number of anilines is 1. The van der Waals surface area contributed by atoms with Crippen molar-refractivity contribution in [3.63, 3.8) is 0 Å². The van der Waals surface area contributed by atoms with Crippen LogP contribution in [-0.2, 0) is 4.79 Å². The van der Waals surface area contributed by atoms with Crippen molar-refractivity contribution in [2.24, 2.45) is 0 Å². The Labute approximate surface area is 157 Å². The Morgan fingerprint density at radius 3 is 2.56 bits per heavy atom. The zero-order valence-corrected chi connectivity index (χ0v) is 15.6. The standard InChI is InChI=1S/C20H23N5O2/c1-13(2)25-19-16(11-22-25)10-17(12-21-19)24-18(26)9-14(3)23-20(27)15-7-5-4-6-8-15/h4-8,10-14H,9H2,1-3H3,(H,23,27)(H,24,26)/t14-/m0/s1. The van der Waals surface area contributed by atoms with Gasteiger partial charge in [-0.15, -0.1) is 0 Å². The molecule has 0 aliphatic carbocycles. The average Bonchev–Trinajstić information content (AvgIpc) is 3.05. The summed E-state index contributed by atoms with van der Waals surface area (Å²) in [5.74, 6) is -0.381. The van der Waals surface area contributed by atoms with Crippen molar-refractivity contribution in [2.45, 2.75) is 39.3 Å². The fraction of sp³-hybridized carbons (Fsp3) is 0.300. The van der Waals surface area contributed by atoms with Gasteiger partial charge in [0.15, 0.2) is 5.65 Å². The lowest BCUT2D eigenvalue weighted by atomic mass is 10.1. The molecule has 0 bridgehead atoms. The summed E-state index contributed by atoms with van der Waals surface area (Å²) in [4.78, 5) is 28.8. The maximum atomic E-state index is 12.3. The molecular formula is C20H23N5O2. The Balaban J connectivity index is 1.58. The number of aromatic nitrogens is 3. The van der Waals surface area contributed by atoms with Gasteiger partial charge < -0.3 is 10.6 Å². The molecule has 3 aromatic rings. The third-order valence-electron chi connectivity index (χ3n) is 4.11. The second kappa shape index (κ2) is 7.99. The van der Waals surface area contributed by atoms with Gasteiger partial charge in [-0.3, -0.25) is 9.59 Å². The molecule has 7 nitrogen and oxygen atoms in total. The highest BCUT2D eigenvalue weighted by molar-refractivity contribution is 5.96. The molecule has 0 fully saturated rings. The second-order valence-electron chi connectivity index (χ2n) is 6.81. The fourth-order valence-electron chi connectivity index (χ4n) is 2.82. The van der Waals surface area contributed by atoms with Gasteiger partial charge >= 0.3 is 0 Å². The van der Waals surface area contributed by atoms with E-state index in [1.807, 2.05) is 30.7 Å². The Morgan fingerprint density at radius 2 is 1.85 bits per heavy atom. The van der Waals surface area contributed by atoms with Gasteiger partial charge in [-0.25, -0.2) is 9.67 Å². The maximum absolute atomic E-state index is 12.3. The number of amides is 2. The predicted octanol–water partition coefficient (Wildman–Crippen LogP) is 3.16. The van der Waals surface area contributed by atoms with E-state index in [0.29, 0.717) is 11.3 Å². The Bertz CT molecular complexity index is 949. The molecule has 0 spiro atoms. The van der Waals surface area contributed by atoms with Gasteiger partial charge in [-0.05, 0) is 39.0 Å². The van der Waals surface area contributed by atoms with E-state index >= 15 is 0 Å². The van der Waals surface area contributed by atoms with Crippen molar-refractivity contribution >= 4 is 28.5 Å². The van der Waals surface area contributed by atoms with Crippen LogP contribution in [-0.4, -0.2) is 32.6 Å². The molecule has 27 heavy (non-hydrogen) atoms. The lowest BCUT2D eigenvalue weighted by molar-refractivity contribution is -0.116. The zero-order chi connectivity index (χ0) is 19.4. The van der Waals surface area contributed by atoms with Crippen LogP contribution in [0.2, 0.25) is 0 Å². The summed E-state index contributed by atoms with van der Waals surface area (Å²) in [6.07, 6.45) is 3.52. The highest BCUT2D eigenvalue weighted by Gasteiger charge is 2.14. The molecule has 1 atom stereocenters. The molecule has 2 heterocycles. The molecule has 0 saturated carbocycles. The Morgan fingerprint density at radius 1 is 1.11 bits per heavy atom. The molecule has 0 aliphatic heterocycles. The smallest absolute Gasteiger partial charge is 0.251 e. The van der Waals surface area contributed by atoms with E-state index in [1.165, 1.54) is 0 Å². The average molecular weight is 365 g/mol. The Hall–Kier alpha value is -3.22. The van der Waals surface area contributed by atoms with Gasteiger partial charge in [0.2, 0.25) is 5.91 Å². The van der Waals surface area contributed by atoms with Gasteiger partial charge in [-0.1, -0.05) is 18.2 Å². The fourth-order valence-corrected chi connectivity index (χ4v) is 2.82. The summed E-state index contributed by atoms with van der Waals surface area (Å²) < 4.78 is 1.84. The SMILES string of the molecule is CC(C)n1ncc2cc(NC(=O)C[C@H](C)NC(=O)c3ccccc3)cnc21. The third kappa shape index (κ3) is 4.49. The monoisotopic (exact) mass is 365 g/mol. The molecule has 2 N–H and O–H groups in total. The highest BCUT2D eigenvalue weighted by Crippen LogP contribution is 2.19. The van der Waals surface area contributed by atoms with Gasteiger partial charge in [0.1, 0.15) is 0 Å². The van der Waals surface area contributed by atoms with Gasteiger partial charge in [0.05, 0.1) is 18.1 Å². The molecule has 140 valence electrons. The van der Waals surface area contributed by atoms with Crippen LogP contribution >= 0.6 is 0 Å². The van der Waals surface area contributed by atoms with Gasteiger partial charge in [-0.2, -0.15) is 5.10 Å². The van der Waals surface area contributed by atoms with E-state index < -0.39 is 0 Å². The lowest BCUT2D eigenvalue weighted by Gasteiger charge is -2.14. The van der Waals surface area contributed by atoms with Crippen LogP contribution in [0.3, 0.4) is 0 Å². The predicted molar refractivity (Wildman–Crippen MR) is 105 cm³/mol. The van der Waals surface area contributed by atoms with Crippen LogP contribution in [0.25, 0.3) is 11.0 Å². The summed E-state index contributed by atoms with van der Waals surface area (Å²) in [7, 11) is 0. The molecule has 2 aromatic heterocycles. The molecule has 0 aliphatic rings. The van der Waals surface area contributed by atoms with Gasteiger partial charge in [0, 0.05) is 29.5 Å². The van der Waals surface area contributed by atoms with E-state index in [0.717, 1.165) is 11.0 Å². The topological polar surface area (TPSA) is 88.9 Å². The van der Waals surface area contributed by atoms with Crippen molar-refractivity contribution in [3.8, 4) is 0 Å². The molecule has 3 rings (SSSR count). The van der Waals surface area contributed by atoms with Crippen LogP contribution in [0.15, 0.2) is 48.8 Å². The van der Waals surface area contributed by atoms with Crippen LogP contribution < -0.4 is 10.6 Å². The van der Waals surface area contributed by atoms with Crippen molar-refractivity contribution in [1.29, 1.82) is 0 Å². The summed E-state index contributed by atoms with van der Waals surface area (Å²) >= 11 is 0. The molecule has 1 aromatic carbocycles. The van der Waals surface area contributed by atoms with Crippen molar-refractivity contribution in [2.75, 3.05) is 5.32 Å². The first-order chi connectivity index (χ1) is 12.9. The largest absolute Gasteiger partial charge is 0.349 e. The zero-order valence-electron chi connectivity index (χ0n) is 15.6. The number of hydrogen-bond acceptors (Lipinski definition) is 4. The normalized spacial score (nSPS) is 12.1. The number of rotatable bonds is 6. The molecule has 7 heteroatoms. The number of pyridine rings is 1. The number of nitrogens with zero attached hydrogens (tertiary/aromatic N) is 3. The minimum atomic E-state index is -0.293. The van der Waals surface area contributed by atoms with Crippen LogP contribution in [0.5, 0.6) is 0 Å². The minimum Gasteiger partial charge on any atom is -0.349 e. The summed E-state index contributed by atoms with van der Waals surface area (Å²) in [5, 5.41) is 10.8. The molecule has 0 radical (unpaired) electrons. The Kier molecular flexibility index (Phi) is 5.49. The van der Waals surface area contributed by atoms with Crippen LogP contribution in [0.4, 0.5) is 5.69 Å². The molecule has 0 saturated heterocycles. The van der Waals surface area contributed by atoms with Crippen LogP contribution in [0.1, 0.15) is 43.6 Å². The summed E-state index contributed by atoms with van der Waals surface area (Å²) in [6.45, 7) is 5.87. The van der Waals surface area contributed by atoms with Crippen LogP contribution in [0, 0.1) is 0 Å². The van der Waals surface area contributed by atoms with Crippen molar-refractivity contribution < 1.29 is 9.59 Å². The maximum Gasteiger partial charge on any atom is 0.251 e. The number of carbonyl (C=O) groups is 2. The first kappa shape index (κ1) is 18.6. The molecule has 2 amide bonds. The molecular weight excluding hydrogens is 342 g/mol.